The number of nitrogens with one attached hydrogen (secondary N) is 1. The fraction of sp³-hybridized carbons (Fsp3) is 0.941. The normalized spacial score (nSPS) is 30.8. The van der Waals surface area contributed by atoms with E-state index in [2.05, 4.69) is 42.8 Å². The van der Waals surface area contributed by atoms with Gasteiger partial charge in [0.2, 0.25) is 5.91 Å². The summed E-state index contributed by atoms with van der Waals surface area (Å²) in [5.74, 6) is 1.62. The topological polar surface area (TPSA) is 35.6 Å². The second-order valence-corrected chi connectivity index (χ2v) is 7.19. The Bertz CT molecular complexity index is 345. The summed E-state index contributed by atoms with van der Waals surface area (Å²) in [6.07, 6.45) is 4.60. The maximum atomic E-state index is 12.7. The van der Waals surface area contributed by atoms with Gasteiger partial charge in [-0.25, -0.2) is 0 Å². The van der Waals surface area contributed by atoms with Crippen molar-refractivity contribution in [2.24, 2.45) is 11.8 Å². The maximum absolute atomic E-state index is 12.7. The van der Waals surface area contributed by atoms with E-state index in [1.807, 2.05) is 0 Å². The Hall–Kier alpha value is -0.610. The Morgan fingerprint density at radius 1 is 1.33 bits per heavy atom. The molecule has 2 saturated heterocycles. The largest absolute Gasteiger partial charge is 0.325 e. The van der Waals surface area contributed by atoms with Crippen LogP contribution in [0.5, 0.6) is 0 Å². The highest BCUT2D eigenvalue weighted by molar-refractivity contribution is 5.84. The van der Waals surface area contributed by atoms with Crippen molar-refractivity contribution in [1.29, 1.82) is 0 Å². The Morgan fingerprint density at radius 3 is 2.67 bits per heavy atom. The highest BCUT2D eigenvalue weighted by atomic mass is 16.2. The van der Waals surface area contributed by atoms with Crippen LogP contribution in [0.4, 0.5) is 0 Å². The van der Waals surface area contributed by atoms with E-state index >= 15 is 0 Å². The van der Waals surface area contributed by atoms with Crippen LogP contribution in [-0.2, 0) is 4.79 Å². The molecule has 0 aromatic heterocycles. The van der Waals surface area contributed by atoms with Crippen molar-refractivity contribution in [2.45, 2.75) is 65.6 Å². The fourth-order valence-corrected chi connectivity index (χ4v) is 3.73. The van der Waals surface area contributed by atoms with E-state index in [0.29, 0.717) is 17.7 Å². The summed E-state index contributed by atoms with van der Waals surface area (Å²) in [4.78, 5) is 17.3. The highest BCUT2D eigenvalue weighted by Crippen LogP contribution is 2.24. The molecule has 2 rings (SSSR count). The summed E-state index contributed by atoms with van der Waals surface area (Å²) < 4.78 is 0. The predicted molar refractivity (Wildman–Crippen MR) is 87.0 cm³/mol. The number of carbonyl (C=O) groups is 1. The van der Waals surface area contributed by atoms with E-state index in [1.165, 1.54) is 13.0 Å². The lowest BCUT2D eigenvalue weighted by Gasteiger charge is -2.28. The van der Waals surface area contributed by atoms with Gasteiger partial charge in [0.15, 0.2) is 0 Å². The molecular weight excluding hydrogens is 262 g/mol. The number of likely N-dealkylation sites (tertiary alicyclic amines) is 1. The molecule has 2 fully saturated rings. The summed E-state index contributed by atoms with van der Waals surface area (Å²) in [6.45, 7) is 13.3. The van der Waals surface area contributed by atoms with Crippen LogP contribution in [0.25, 0.3) is 0 Å². The van der Waals surface area contributed by atoms with Gasteiger partial charge < -0.3 is 9.80 Å². The molecule has 0 bridgehead atoms. The zero-order chi connectivity index (χ0) is 15.4. The minimum atomic E-state index is 0.0578. The van der Waals surface area contributed by atoms with Gasteiger partial charge in [0.1, 0.15) is 0 Å². The van der Waals surface area contributed by atoms with Gasteiger partial charge in [0, 0.05) is 13.1 Å². The molecule has 1 N–H and O–H groups in total. The van der Waals surface area contributed by atoms with Crippen LogP contribution >= 0.6 is 0 Å². The molecule has 4 heteroatoms. The number of rotatable bonds is 7. The molecule has 122 valence electrons. The summed E-state index contributed by atoms with van der Waals surface area (Å²) in [7, 11) is 0. The molecule has 0 aliphatic carbocycles. The highest BCUT2D eigenvalue weighted by Gasteiger charge is 2.39. The molecule has 2 aliphatic rings. The zero-order valence-electron chi connectivity index (χ0n) is 14.3. The Morgan fingerprint density at radius 2 is 2.10 bits per heavy atom. The van der Waals surface area contributed by atoms with Crippen molar-refractivity contribution in [3.8, 4) is 0 Å². The van der Waals surface area contributed by atoms with Crippen LogP contribution in [0.2, 0.25) is 0 Å². The molecule has 0 radical (unpaired) electrons. The summed E-state index contributed by atoms with van der Waals surface area (Å²) >= 11 is 0. The summed E-state index contributed by atoms with van der Waals surface area (Å²) in [5, 5.41) is 3.59. The van der Waals surface area contributed by atoms with Crippen LogP contribution in [-0.4, -0.2) is 54.1 Å². The van der Waals surface area contributed by atoms with E-state index in [-0.39, 0.29) is 12.2 Å². The van der Waals surface area contributed by atoms with Gasteiger partial charge in [-0.15, -0.1) is 0 Å². The first-order valence-electron chi connectivity index (χ1n) is 8.84. The van der Waals surface area contributed by atoms with Crippen molar-refractivity contribution in [3.63, 3.8) is 0 Å². The summed E-state index contributed by atoms with van der Waals surface area (Å²) in [6, 6.07) is 0.0578. The van der Waals surface area contributed by atoms with Crippen molar-refractivity contribution in [2.75, 3.05) is 26.2 Å². The molecule has 2 heterocycles. The van der Waals surface area contributed by atoms with Gasteiger partial charge in [-0.1, -0.05) is 34.1 Å². The minimum Gasteiger partial charge on any atom is -0.325 e. The first-order valence-corrected chi connectivity index (χ1v) is 8.84. The monoisotopic (exact) mass is 295 g/mol. The average Bonchev–Trinajstić information content (AvgIpc) is 2.99. The Balaban J connectivity index is 1.97. The van der Waals surface area contributed by atoms with Gasteiger partial charge in [0.05, 0.1) is 12.2 Å². The first kappa shape index (κ1) is 16.8. The Kier molecular flexibility index (Phi) is 6.06. The molecule has 0 aromatic rings. The lowest BCUT2D eigenvalue weighted by Crippen LogP contribution is -2.41. The van der Waals surface area contributed by atoms with E-state index in [0.717, 1.165) is 38.9 Å². The van der Waals surface area contributed by atoms with Crippen LogP contribution in [0.3, 0.4) is 0 Å². The molecule has 0 spiro atoms. The van der Waals surface area contributed by atoms with E-state index in [1.54, 1.807) is 0 Å². The fourth-order valence-electron chi connectivity index (χ4n) is 3.73. The predicted octanol–water partition coefficient (Wildman–Crippen LogP) is 2.30. The molecule has 0 saturated carbocycles. The lowest BCUT2D eigenvalue weighted by molar-refractivity contribution is -0.130. The van der Waals surface area contributed by atoms with Crippen molar-refractivity contribution < 1.29 is 4.79 Å². The lowest BCUT2D eigenvalue weighted by atomic mass is 10.1. The quantitative estimate of drug-likeness (QED) is 0.783. The van der Waals surface area contributed by atoms with Gasteiger partial charge in [0.25, 0.3) is 0 Å². The SMILES string of the molecule is CCCC1NC(CC(C)C)N(CC2CCN(CC)C2)C1=O. The third-order valence-electron chi connectivity index (χ3n) is 4.90. The molecular formula is C17H33N3O. The molecule has 1 amide bonds. The minimum absolute atomic E-state index is 0.0578. The number of hydrogen-bond acceptors (Lipinski definition) is 3. The molecule has 3 unspecified atom stereocenters. The average molecular weight is 295 g/mol. The molecule has 0 aromatic carbocycles. The second kappa shape index (κ2) is 7.59. The van der Waals surface area contributed by atoms with Gasteiger partial charge in [-0.2, -0.15) is 0 Å². The number of hydrogen-bond donors (Lipinski definition) is 1. The number of nitrogens with zero attached hydrogens (tertiary/aromatic N) is 2. The number of carbonyl (C=O) groups excluding carboxylic acids is 1. The van der Waals surface area contributed by atoms with Gasteiger partial charge in [-0.05, 0) is 44.2 Å². The van der Waals surface area contributed by atoms with Crippen LogP contribution in [0, 0.1) is 11.8 Å². The number of amides is 1. The maximum Gasteiger partial charge on any atom is 0.241 e. The van der Waals surface area contributed by atoms with Crippen LogP contribution in [0.1, 0.15) is 53.4 Å². The molecule has 3 atom stereocenters. The van der Waals surface area contributed by atoms with E-state index in [4.69, 9.17) is 0 Å². The smallest absolute Gasteiger partial charge is 0.241 e. The zero-order valence-corrected chi connectivity index (χ0v) is 14.3. The molecule has 2 aliphatic heterocycles. The second-order valence-electron chi connectivity index (χ2n) is 7.19. The van der Waals surface area contributed by atoms with Crippen molar-refractivity contribution >= 4 is 5.91 Å². The van der Waals surface area contributed by atoms with Crippen molar-refractivity contribution in [1.82, 2.24) is 15.1 Å². The molecule has 21 heavy (non-hydrogen) atoms. The molecule has 4 nitrogen and oxygen atoms in total. The van der Waals surface area contributed by atoms with E-state index < -0.39 is 0 Å². The summed E-state index contributed by atoms with van der Waals surface area (Å²) in [5.41, 5.74) is 0. The van der Waals surface area contributed by atoms with Crippen molar-refractivity contribution in [3.05, 3.63) is 0 Å². The van der Waals surface area contributed by atoms with Crippen LogP contribution < -0.4 is 5.32 Å². The van der Waals surface area contributed by atoms with Gasteiger partial charge >= 0.3 is 0 Å². The van der Waals surface area contributed by atoms with Gasteiger partial charge in [-0.3, -0.25) is 10.1 Å². The standard InChI is InChI=1S/C17H33N3O/c1-5-7-15-17(21)20(16(18-15)10-13(3)4)12-14-8-9-19(6-2)11-14/h13-16,18H,5-12H2,1-4H3. The van der Waals surface area contributed by atoms with E-state index in [9.17, 15) is 4.79 Å². The Labute approximate surface area is 130 Å². The third-order valence-corrected chi connectivity index (χ3v) is 4.90. The first-order chi connectivity index (χ1) is 10.0. The third kappa shape index (κ3) is 4.19. The van der Waals surface area contributed by atoms with Crippen LogP contribution in [0.15, 0.2) is 0 Å².